The first-order valence-electron chi connectivity index (χ1n) is 13.9. The van der Waals surface area contributed by atoms with Gasteiger partial charge >= 0.3 is 0 Å². The molecule has 13 nitrogen and oxygen atoms in total. The number of hydrogen-bond acceptors (Lipinski definition) is 11. The normalized spacial score (nSPS) is 12.1. The van der Waals surface area contributed by atoms with Crippen molar-refractivity contribution in [2.45, 2.75) is 42.9 Å². The van der Waals surface area contributed by atoms with Gasteiger partial charge in [-0.2, -0.15) is 42.0 Å². The molecule has 4 N–H and O–H groups in total. The van der Waals surface area contributed by atoms with Crippen LogP contribution in [0.5, 0.6) is 0 Å². The molecule has 0 fully saturated rings. The molecule has 0 aliphatic rings. The molecular weight excluding hydrogens is 654 g/mol. The first-order chi connectivity index (χ1) is 21.8. The van der Waals surface area contributed by atoms with Gasteiger partial charge in [-0.05, 0) is 91.0 Å². The Kier molecular flexibility index (Phi) is 9.60. The van der Waals surface area contributed by atoms with Gasteiger partial charge in [0.2, 0.25) is 17.2 Å². The number of anilines is 4. The molecule has 1 aromatic heterocycles. The number of nitrogens with zero attached hydrogens (tertiary/aromatic N) is 5. The molecule has 5 rings (SSSR count). The van der Waals surface area contributed by atoms with Crippen LogP contribution in [-0.2, 0) is 26.7 Å². The quantitative estimate of drug-likeness (QED) is 0.0786. The molecule has 5 aromatic rings. The fourth-order valence-electron chi connectivity index (χ4n) is 4.67. The van der Waals surface area contributed by atoms with Crippen LogP contribution in [0, 0.1) is 6.92 Å². The Morgan fingerprint density at radius 2 is 1.43 bits per heavy atom. The van der Waals surface area contributed by atoms with Gasteiger partial charge in [0, 0.05) is 22.1 Å². The molecule has 0 bridgehead atoms. The minimum atomic E-state index is -4.79. The number of unbranched alkanes of at least 4 members (excludes halogenated alkanes) is 1. The zero-order chi connectivity index (χ0) is 33.1. The van der Waals surface area contributed by atoms with E-state index < -0.39 is 30.0 Å². The predicted molar refractivity (Wildman–Crippen MR) is 175 cm³/mol. The molecular formula is C30H28ClN7O6S2. The molecule has 0 saturated carbocycles. The highest BCUT2D eigenvalue weighted by Crippen LogP contribution is 2.34. The summed E-state index contributed by atoms with van der Waals surface area (Å²) < 4.78 is 67.5. The smallest absolute Gasteiger partial charge is 0.295 e. The lowest BCUT2D eigenvalue weighted by Crippen LogP contribution is -2.04. The van der Waals surface area contributed by atoms with Crippen LogP contribution in [0.2, 0.25) is 5.28 Å². The van der Waals surface area contributed by atoms with Gasteiger partial charge in [0.15, 0.2) is 0 Å². The third-order valence-corrected chi connectivity index (χ3v) is 8.77. The van der Waals surface area contributed by atoms with Gasteiger partial charge in [-0.1, -0.05) is 37.6 Å². The van der Waals surface area contributed by atoms with Crippen LogP contribution in [0.3, 0.4) is 0 Å². The van der Waals surface area contributed by atoms with E-state index in [1.807, 2.05) is 18.2 Å². The number of rotatable bonds is 11. The van der Waals surface area contributed by atoms with E-state index in [2.05, 4.69) is 48.8 Å². The van der Waals surface area contributed by atoms with Crippen LogP contribution in [0.15, 0.2) is 92.8 Å². The third-order valence-electron chi connectivity index (χ3n) is 6.79. The highest BCUT2D eigenvalue weighted by Gasteiger charge is 2.21. The number of halogens is 1. The van der Waals surface area contributed by atoms with Gasteiger partial charge < -0.3 is 10.6 Å². The molecule has 4 aromatic carbocycles. The van der Waals surface area contributed by atoms with Crippen molar-refractivity contribution >= 4 is 77.3 Å². The van der Waals surface area contributed by atoms with Crippen molar-refractivity contribution in [3.63, 3.8) is 0 Å². The van der Waals surface area contributed by atoms with E-state index in [-0.39, 0.29) is 33.6 Å². The predicted octanol–water partition coefficient (Wildman–Crippen LogP) is 7.73. The molecule has 0 amide bonds. The maximum Gasteiger partial charge on any atom is 0.295 e. The Labute approximate surface area is 270 Å². The number of aromatic nitrogens is 3. The van der Waals surface area contributed by atoms with Crippen LogP contribution in [0.4, 0.5) is 34.6 Å². The Morgan fingerprint density at radius 1 is 0.761 bits per heavy atom. The van der Waals surface area contributed by atoms with Crippen LogP contribution in [0.25, 0.3) is 10.8 Å². The van der Waals surface area contributed by atoms with Crippen molar-refractivity contribution in [2.75, 3.05) is 10.6 Å². The minimum absolute atomic E-state index is 0.0129. The summed E-state index contributed by atoms with van der Waals surface area (Å²) in [6.07, 6.45) is 3.15. The molecule has 16 heteroatoms. The highest BCUT2D eigenvalue weighted by molar-refractivity contribution is 7.86. The molecule has 0 atom stereocenters. The number of fused-ring (bicyclic) bond motifs is 1. The lowest BCUT2D eigenvalue weighted by atomic mass is 10.1. The summed E-state index contributed by atoms with van der Waals surface area (Å²) in [7, 11) is -9.51. The second-order valence-electron chi connectivity index (χ2n) is 10.3. The summed E-state index contributed by atoms with van der Waals surface area (Å²) in [5.41, 5.74) is 3.60. The summed E-state index contributed by atoms with van der Waals surface area (Å²) in [6.45, 7) is 3.91. The van der Waals surface area contributed by atoms with Gasteiger partial charge in [0.1, 0.15) is 9.79 Å². The van der Waals surface area contributed by atoms with Crippen LogP contribution in [-0.4, -0.2) is 40.9 Å². The molecule has 1 heterocycles. The number of benzene rings is 4. The average Bonchev–Trinajstić information content (AvgIpc) is 2.98. The van der Waals surface area contributed by atoms with E-state index in [1.165, 1.54) is 23.8 Å². The second kappa shape index (κ2) is 13.4. The van der Waals surface area contributed by atoms with Crippen LogP contribution < -0.4 is 10.6 Å². The number of nitrogens with one attached hydrogen (secondary N) is 2. The summed E-state index contributed by atoms with van der Waals surface area (Å²) in [6, 6.07) is 19.0. The van der Waals surface area contributed by atoms with Crippen molar-refractivity contribution in [3.8, 4) is 0 Å². The molecule has 0 unspecified atom stereocenters. The summed E-state index contributed by atoms with van der Waals surface area (Å²) >= 11 is 6.18. The lowest BCUT2D eigenvalue weighted by Gasteiger charge is -2.10. The summed E-state index contributed by atoms with van der Waals surface area (Å²) in [4.78, 5) is 11.6. The molecule has 0 radical (unpaired) electrons. The maximum atomic E-state index is 12.1. The average molecular weight is 682 g/mol. The van der Waals surface area contributed by atoms with Crippen molar-refractivity contribution < 1.29 is 25.9 Å². The topological polar surface area (TPSA) is 196 Å². The van der Waals surface area contributed by atoms with Crippen LogP contribution >= 0.6 is 11.6 Å². The fraction of sp³-hybridized carbons (Fsp3) is 0.167. The number of aryl methyl sites for hydroxylation is 2. The highest BCUT2D eigenvalue weighted by atomic mass is 35.5. The second-order valence-corrected chi connectivity index (χ2v) is 13.4. The maximum absolute atomic E-state index is 12.1. The lowest BCUT2D eigenvalue weighted by molar-refractivity contribution is 0.481. The zero-order valence-electron chi connectivity index (χ0n) is 24.5. The molecule has 0 aliphatic heterocycles. The molecule has 0 spiro atoms. The summed E-state index contributed by atoms with van der Waals surface area (Å²) in [5, 5.41) is 14.2. The first kappa shape index (κ1) is 32.8. The van der Waals surface area contributed by atoms with E-state index in [0.29, 0.717) is 16.9 Å². The van der Waals surface area contributed by atoms with Crippen molar-refractivity contribution in [2.24, 2.45) is 10.2 Å². The number of azo groups is 1. The minimum Gasteiger partial charge on any atom is -0.324 e. The van der Waals surface area contributed by atoms with E-state index in [0.717, 1.165) is 37.1 Å². The van der Waals surface area contributed by atoms with Crippen molar-refractivity contribution in [3.05, 3.63) is 89.2 Å². The fourth-order valence-corrected chi connectivity index (χ4v) is 6.25. The Balaban J connectivity index is 1.39. The summed E-state index contributed by atoms with van der Waals surface area (Å²) in [5.74, 6) is 0.455. The standard InChI is InChI=1S/C30H28ClN7O6S2/c1-3-4-7-19-8-5-9-20(15-19)32-29-34-28(31)35-30(36-29)33-21-12-13-25(18(2)14-21)38-37-22-16-24-23(27(17-22)46(42,43)44)10-6-11-26(24)45(39,40)41/h5-6,8-17H,3-4,7H2,1-2H3,(H,39,40,41)(H,42,43,44)(H2,32,33,34,35,36). The van der Waals surface area contributed by atoms with Gasteiger partial charge in [-0.15, -0.1) is 0 Å². The number of hydrogen-bond donors (Lipinski definition) is 4. The van der Waals surface area contributed by atoms with E-state index in [4.69, 9.17) is 11.6 Å². The van der Waals surface area contributed by atoms with E-state index in [1.54, 1.807) is 25.1 Å². The van der Waals surface area contributed by atoms with Gasteiger partial charge in [-0.3, -0.25) is 9.11 Å². The van der Waals surface area contributed by atoms with Gasteiger partial charge in [0.05, 0.1) is 11.4 Å². The monoisotopic (exact) mass is 681 g/mol. The van der Waals surface area contributed by atoms with E-state index >= 15 is 0 Å². The zero-order valence-corrected chi connectivity index (χ0v) is 26.9. The van der Waals surface area contributed by atoms with Crippen molar-refractivity contribution in [1.29, 1.82) is 0 Å². The van der Waals surface area contributed by atoms with Gasteiger partial charge in [-0.25, -0.2) is 0 Å². The molecule has 238 valence electrons. The Morgan fingerprint density at radius 3 is 2.09 bits per heavy atom. The van der Waals surface area contributed by atoms with Crippen molar-refractivity contribution in [1.82, 2.24) is 15.0 Å². The molecule has 0 aliphatic carbocycles. The third kappa shape index (κ3) is 7.99. The van der Waals surface area contributed by atoms with E-state index in [9.17, 15) is 25.9 Å². The first-order valence-corrected chi connectivity index (χ1v) is 17.1. The van der Waals surface area contributed by atoms with Crippen LogP contribution in [0.1, 0.15) is 30.9 Å². The van der Waals surface area contributed by atoms with Gasteiger partial charge in [0.25, 0.3) is 20.2 Å². The Bertz CT molecular complexity index is 2200. The SMILES string of the molecule is CCCCc1cccc(Nc2nc(Cl)nc(Nc3ccc(N=Nc4cc(S(=O)(=O)O)c5cccc(S(=O)(=O)O)c5c4)c(C)c3)n2)c1. The Hall–Kier alpha value is -4.54. The molecule has 46 heavy (non-hydrogen) atoms. The molecule has 0 saturated heterocycles. The largest absolute Gasteiger partial charge is 0.324 e.